The second kappa shape index (κ2) is 15.3. The summed E-state index contributed by atoms with van der Waals surface area (Å²) >= 11 is 0. The average molecular weight is 691 g/mol. The molecule has 0 N–H and O–H groups in total. The fourth-order valence-corrected chi connectivity index (χ4v) is 10.0. The number of hydrogen-bond donors (Lipinski definition) is 0. The van der Waals surface area contributed by atoms with Crippen LogP contribution in [0.4, 0.5) is 0 Å². The molecule has 47 heavy (non-hydrogen) atoms. The molecule has 0 bridgehead atoms. The van der Waals surface area contributed by atoms with Crippen LogP contribution < -0.4 is 0 Å². The first-order valence-electron chi connectivity index (χ1n) is 18.7. The highest BCUT2D eigenvalue weighted by Crippen LogP contribution is 2.47. The summed E-state index contributed by atoms with van der Waals surface area (Å²) in [7, 11) is -4.07. The van der Waals surface area contributed by atoms with Gasteiger partial charge in [-0.25, -0.2) is 0 Å². The Hall–Kier alpha value is -1.23. The molecule has 7 atom stereocenters. The zero-order valence-electron chi connectivity index (χ0n) is 32.6. The van der Waals surface area contributed by atoms with E-state index in [1.165, 1.54) is 5.57 Å². The smallest absolute Gasteiger partial charge is 0.312 e. The van der Waals surface area contributed by atoms with Gasteiger partial charge in [-0.3, -0.25) is 9.59 Å². The van der Waals surface area contributed by atoms with Crippen LogP contribution in [0.1, 0.15) is 127 Å². The lowest BCUT2D eigenvalue weighted by Crippen LogP contribution is -2.49. The van der Waals surface area contributed by atoms with Crippen molar-refractivity contribution in [1.82, 2.24) is 0 Å². The van der Waals surface area contributed by atoms with Gasteiger partial charge in [0.2, 0.25) is 0 Å². The molecule has 0 saturated carbocycles. The van der Waals surface area contributed by atoms with E-state index in [2.05, 4.69) is 114 Å². The Balaban J connectivity index is 1.88. The Morgan fingerprint density at radius 3 is 2.02 bits per heavy atom. The second-order valence-electron chi connectivity index (χ2n) is 18.4. The van der Waals surface area contributed by atoms with Crippen LogP contribution in [0.5, 0.6) is 0 Å². The van der Waals surface area contributed by atoms with Crippen LogP contribution in [0.15, 0.2) is 23.8 Å². The summed E-state index contributed by atoms with van der Waals surface area (Å²) in [5.41, 5.74) is 0.745. The Morgan fingerprint density at radius 1 is 0.894 bits per heavy atom. The van der Waals surface area contributed by atoms with Gasteiger partial charge in [0, 0.05) is 18.8 Å². The molecule has 0 aromatic rings. The van der Waals surface area contributed by atoms with E-state index >= 15 is 0 Å². The molecule has 8 heteroatoms. The molecule has 0 amide bonds. The van der Waals surface area contributed by atoms with Gasteiger partial charge in [-0.05, 0) is 86.3 Å². The third kappa shape index (κ3) is 9.94. The van der Waals surface area contributed by atoms with Crippen molar-refractivity contribution in [2.24, 2.45) is 23.2 Å². The first-order chi connectivity index (χ1) is 21.5. The zero-order valence-corrected chi connectivity index (χ0v) is 34.6. The number of fused-ring (bicyclic) bond motifs is 1. The van der Waals surface area contributed by atoms with Crippen LogP contribution in [0.25, 0.3) is 0 Å². The predicted octanol–water partition coefficient (Wildman–Crippen LogP) is 10.5. The minimum Gasteiger partial charge on any atom is -0.462 e. The second-order valence-corrected chi connectivity index (χ2v) is 27.9. The van der Waals surface area contributed by atoms with E-state index in [9.17, 15) is 9.59 Å². The first-order valence-corrected chi connectivity index (χ1v) is 24.5. The lowest BCUT2D eigenvalue weighted by molar-refractivity contribution is -0.168. The third-order valence-electron chi connectivity index (χ3n) is 12.3. The quantitative estimate of drug-likeness (QED) is 0.141. The number of carbonyl (C=O) groups excluding carboxylic acids is 2. The molecule has 7 unspecified atom stereocenters. The normalized spacial score (nSPS) is 29.2. The average Bonchev–Trinajstić information content (AvgIpc) is 2.91. The van der Waals surface area contributed by atoms with Gasteiger partial charge in [-0.1, -0.05) is 93.4 Å². The molecule has 1 aliphatic heterocycles. The van der Waals surface area contributed by atoms with Crippen molar-refractivity contribution >= 4 is 28.6 Å². The van der Waals surface area contributed by atoms with Gasteiger partial charge in [0.25, 0.3) is 0 Å². The molecule has 0 aromatic carbocycles. The van der Waals surface area contributed by atoms with E-state index in [1.54, 1.807) is 0 Å². The number of esters is 2. The Morgan fingerprint density at radius 2 is 1.47 bits per heavy atom. The van der Waals surface area contributed by atoms with Crippen LogP contribution in [-0.2, 0) is 27.9 Å². The number of rotatable bonds is 13. The highest BCUT2D eigenvalue weighted by atomic mass is 28.4. The van der Waals surface area contributed by atoms with Crippen LogP contribution in [0, 0.1) is 23.2 Å². The molecule has 2 aliphatic carbocycles. The number of cyclic esters (lactones) is 1. The van der Waals surface area contributed by atoms with Crippen molar-refractivity contribution in [2.75, 3.05) is 0 Å². The minimum absolute atomic E-state index is 0.0636. The highest BCUT2D eigenvalue weighted by Gasteiger charge is 2.48. The maximum Gasteiger partial charge on any atom is 0.312 e. The van der Waals surface area contributed by atoms with E-state index in [1.807, 2.05) is 0 Å². The van der Waals surface area contributed by atoms with Gasteiger partial charge in [-0.15, -0.1) is 0 Å². The number of hydrogen-bond acceptors (Lipinski definition) is 6. The predicted molar refractivity (Wildman–Crippen MR) is 198 cm³/mol. The summed E-state index contributed by atoms with van der Waals surface area (Å²) in [6.45, 7) is 31.3. The Kier molecular flexibility index (Phi) is 13.1. The molecule has 1 heterocycles. The largest absolute Gasteiger partial charge is 0.462 e. The van der Waals surface area contributed by atoms with Crippen LogP contribution in [0.2, 0.25) is 36.3 Å². The van der Waals surface area contributed by atoms with Crippen molar-refractivity contribution in [2.45, 2.75) is 188 Å². The molecule has 1 fully saturated rings. The fraction of sp³-hybridized carbons (Fsp3) is 0.846. The molecule has 6 nitrogen and oxygen atoms in total. The molecule has 3 aliphatic rings. The fourth-order valence-electron chi connectivity index (χ4n) is 7.40. The van der Waals surface area contributed by atoms with Gasteiger partial charge in [0.05, 0.1) is 24.0 Å². The van der Waals surface area contributed by atoms with Gasteiger partial charge in [0.1, 0.15) is 12.2 Å². The van der Waals surface area contributed by atoms with Crippen molar-refractivity contribution in [3.05, 3.63) is 23.8 Å². The molecule has 1 saturated heterocycles. The molecule has 0 radical (unpaired) electrons. The first kappa shape index (κ1) is 40.2. The van der Waals surface area contributed by atoms with Gasteiger partial charge >= 0.3 is 11.9 Å². The van der Waals surface area contributed by atoms with Gasteiger partial charge in [-0.2, -0.15) is 0 Å². The molecule has 0 spiro atoms. The lowest BCUT2D eigenvalue weighted by Gasteiger charge is -2.46. The van der Waals surface area contributed by atoms with Gasteiger partial charge < -0.3 is 18.3 Å². The van der Waals surface area contributed by atoms with E-state index < -0.39 is 22.0 Å². The molecule has 270 valence electrons. The lowest BCUT2D eigenvalue weighted by atomic mass is 9.66. The maximum absolute atomic E-state index is 14.0. The summed E-state index contributed by atoms with van der Waals surface area (Å²) in [5, 5.41) is 0.165. The summed E-state index contributed by atoms with van der Waals surface area (Å²) < 4.78 is 26.3. The molecular formula is C39H70O6Si2. The number of ether oxygens (including phenoxy) is 2. The van der Waals surface area contributed by atoms with Crippen LogP contribution in [-0.4, -0.2) is 53.0 Å². The van der Waals surface area contributed by atoms with E-state index in [-0.39, 0.29) is 58.3 Å². The zero-order chi connectivity index (χ0) is 35.6. The van der Waals surface area contributed by atoms with Crippen molar-refractivity contribution in [1.29, 1.82) is 0 Å². The summed E-state index contributed by atoms with van der Waals surface area (Å²) in [6, 6.07) is 0. The third-order valence-corrected chi connectivity index (χ3v) is 21.3. The van der Waals surface area contributed by atoms with E-state index in [0.717, 1.165) is 44.9 Å². The van der Waals surface area contributed by atoms with Crippen molar-refractivity contribution < 1.29 is 27.9 Å². The van der Waals surface area contributed by atoms with Crippen LogP contribution in [0.3, 0.4) is 0 Å². The molecule has 3 rings (SSSR count). The highest BCUT2D eigenvalue weighted by molar-refractivity contribution is 6.74. The van der Waals surface area contributed by atoms with Crippen molar-refractivity contribution in [3.63, 3.8) is 0 Å². The minimum atomic E-state index is -2.06. The summed E-state index contributed by atoms with van der Waals surface area (Å²) in [5.74, 6) is 0.452. The van der Waals surface area contributed by atoms with E-state index in [4.69, 9.17) is 18.3 Å². The van der Waals surface area contributed by atoms with Gasteiger partial charge in [0.15, 0.2) is 16.6 Å². The Labute approximate surface area is 290 Å². The summed E-state index contributed by atoms with van der Waals surface area (Å²) in [4.78, 5) is 26.8. The topological polar surface area (TPSA) is 71.1 Å². The summed E-state index contributed by atoms with van der Waals surface area (Å²) in [6.07, 6.45) is 13.3. The number of carbonyl (C=O) groups is 2. The number of allylic oxidation sites excluding steroid dienone is 2. The monoisotopic (exact) mass is 690 g/mol. The molecule has 0 aromatic heterocycles. The van der Waals surface area contributed by atoms with E-state index in [0.29, 0.717) is 18.8 Å². The van der Waals surface area contributed by atoms with Crippen LogP contribution >= 0.6 is 0 Å². The SMILES string of the molecule is CCCC(C)(CCC)C(=O)OC1CC(O[Si](C)(C)C(C)(C)C)C=C2C=CC(C)C(CCC3CC(O[Si](C)(C)C(C)(C)C)CC(=O)O3)C21. The van der Waals surface area contributed by atoms with Crippen molar-refractivity contribution in [3.8, 4) is 0 Å². The molecular weight excluding hydrogens is 621 g/mol. The standard InChI is InChI=1S/C39H70O6Si2/c1-15-21-39(10,22-16-2)36(41)43-33-25-30(44-46(11,12)37(4,5)6)23-28-18-17-27(3)32(35(28)33)20-19-29-24-31(26-34(40)42-29)45-47(13,14)38(7,8)9/h17-18,23,27,29-33,35H,15-16,19-22,24-26H2,1-14H3. The Bertz CT molecular complexity index is 1140. The maximum atomic E-state index is 14.0.